The number of aryl methyl sites for hydroxylation is 1. The van der Waals surface area contributed by atoms with Crippen LogP contribution < -0.4 is 14.8 Å². The van der Waals surface area contributed by atoms with Crippen LogP contribution >= 0.6 is 23.2 Å². The topological polar surface area (TPSA) is 59.0 Å². The fraction of sp³-hybridized carbons (Fsp3) is 0.400. The first-order valence-electron chi connectivity index (χ1n) is 15.5. The molecule has 0 spiro atoms. The highest BCUT2D eigenvalue weighted by Crippen LogP contribution is 2.31. The molecule has 0 unspecified atom stereocenters. The molecule has 2 heterocycles. The maximum absolute atomic E-state index is 13.4. The maximum atomic E-state index is 13.4. The van der Waals surface area contributed by atoms with E-state index in [0.29, 0.717) is 22.2 Å². The number of nitrogens with one attached hydrogen (secondary N) is 1. The summed E-state index contributed by atoms with van der Waals surface area (Å²) in [7, 11) is 0. The highest BCUT2D eigenvalue weighted by atomic mass is 35.5. The van der Waals surface area contributed by atoms with Crippen LogP contribution in [0.2, 0.25) is 10.0 Å². The predicted octanol–water partition coefficient (Wildman–Crippen LogP) is 7.14. The number of para-hydroxylation sites is 2. The Bertz CT molecular complexity index is 1520. The summed E-state index contributed by atoms with van der Waals surface area (Å²) >= 11 is 12.2. The third-order valence-corrected chi connectivity index (χ3v) is 8.61. The van der Waals surface area contributed by atoms with Gasteiger partial charge in [-0.05, 0) is 69.1 Å². The van der Waals surface area contributed by atoms with Gasteiger partial charge in [0.05, 0.1) is 33.8 Å². The van der Waals surface area contributed by atoms with E-state index in [1.807, 2.05) is 74.6 Å². The van der Waals surface area contributed by atoms with Crippen molar-refractivity contribution in [2.45, 2.75) is 45.9 Å². The predicted molar refractivity (Wildman–Crippen MR) is 179 cm³/mol. The van der Waals surface area contributed by atoms with Gasteiger partial charge in [-0.15, -0.1) is 0 Å². The van der Waals surface area contributed by atoms with Crippen molar-refractivity contribution in [3.05, 3.63) is 94.1 Å². The first-order chi connectivity index (χ1) is 21.4. The van der Waals surface area contributed by atoms with Crippen LogP contribution in [-0.4, -0.2) is 72.3 Å². The maximum Gasteiger partial charge on any atom is 0.253 e. The van der Waals surface area contributed by atoms with Crippen LogP contribution in [0.25, 0.3) is 10.9 Å². The zero-order valence-corrected chi connectivity index (χ0v) is 27.1. The molecule has 1 saturated heterocycles. The van der Waals surface area contributed by atoms with Crippen LogP contribution in [-0.2, 0) is 13.1 Å². The number of benzene rings is 3. The number of ether oxygens (including phenoxy) is 2. The summed E-state index contributed by atoms with van der Waals surface area (Å²) in [5.41, 5.74) is 2.49. The minimum atomic E-state index is -0.133. The Kier molecular flexibility index (Phi) is 11.5. The van der Waals surface area contributed by atoms with Gasteiger partial charge in [-0.25, -0.2) is 0 Å². The van der Waals surface area contributed by atoms with E-state index in [1.165, 1.54) is 0 Å². The molecule has 1 aromatic heterocycles. The number of hydrogen-bond acceptors (Lipinski definition) is 5. The first-order valence-corrected chi connectivity index (χ1v) is 16.3. The van der Waals surface area contributed by atoms with Crippen molar-refractivity contribution >= 4 is 40.0 Å². The van der Waals surface area contributed by atoms with E-state index in [4.69, 9.17) is 32.7 Å². The molecule has 1 fully saturated rings. The van der Waals surface area contributed by atoms with Crippen molar-refractivity contribution in [1.29, 1.82) is 0 Å². The third kappa shape index (κ3) is 8.69. The molecule has 3 aromatic carbocycles. The Morgan fingerprint density at radius 3 is 2.30 bits per heavy atom. The summed E-state index contributed by atoms with van der Waals surface area (Å²) in [5, 5.41) is 4.91. The van der Waals surface area contributed by atoms with Crippen molar-refractivity contribution in [3.8, 4) is 11.5 Å². The second-order valence-electron chi connectivity index (χ2n) is 11.5. The summed E-state index contributed by atoms with van der Waals surface area (Å²) in [5.74, 6) is 1.60. The van der Waals surface area contributed by atoms with Gasteiger partial charge in [-0.1, -0.05) is 59.6 Å². The van der Waals surface area contributed by atoms with Gasteiger partial charge in [-0.2, -0.15) is 0 Å². The van der Waals surface area contributed by atoms with Gasteiger partial charge < -0.3 is 29.2 Å². The van der Waals surface area contributed by atoms with Gasteiger partial charge in [0.2, 0.25) is 0 Å². The largest absolute Gasteiger partial charge is 0.494 e. The standard InChI is InChI=1S/C35H42Cl2N4O3/c1-26(2)44-33-12-6-11-29-30(35(42)38-24-27-13-14-31(36)32(37)23-27)25-41(34(29)33)17-7-15-39-18-20-40(21-19-39)16-8-22-43-28-9-4-3-5-10-28/h3-6,9-14,23,25-26H,7-8,15-22,24H2,1-2H3,(H,38,42). The molecule has 0 aliphatic carbocycles. The lowest BCUT2D eigenvalue weighted by molar-refractivity contribution is 0.0952. The third-order valence-electron chi connectivity index (χ3n) is 7.87. The van der Waals surface area contributed by atoms with Crippen molar-refractivity contribution in [2.24, 2.45) is 0 Å². The minimum Gasteiger partial charge on any atom is -0.494 e. The molecule has 234 valence electrons. The summed E-state index contributed by atoms with van der Waals surface area (Å²) in [4.78, 5) is 18.5. The Morgan fingerprint density at radius 2 is 1.59 bits per heavy atom. The number of aromatic nitrogens is 1. The lowest BCUT2D eigenvalue weighted by atomic mass is 10.1. The fourth-order valence-electron chi connectivity index (χ4n) is 5.66. The van der Waals surface area contributed by atoms with Gasteiger partial charge in [0.15, 0.2) is 0 Å². The fourth-order valence-corrected chi connectivity index (χ4v) is 5.98. The minimum absolute atomic E-state index is 0.0251. The first kappa shape index (κ1) is 32.2. The monoisotopic (exact) mass is 636 g/mol. The molecule has 1 amide bonds. The zero-order valence-electron chi connectivity index (χ0n) is 25.6. The highest BCUT2D eigenvalue weighted by Gasteiger charge is 2.20. The highest BCUT2D eigenvalue weighted by molar-refractivity contribution is 6.42. The lowest BCUT2D eigenvalue weighted by Crippen LogP contribution is -2.47. The Hall–Kier alpha value is -3.23. The molecule has 5 rings (SSSR count). The molecule has 1 aliphatic heterocycles. The molecular weight excluding hydrogens is 595 g/mol. The van der Waals surface area contributed by atoms with Crippen LogP contribution in [0.3, 0.4) is 0 Å². The lowest BCUT2D eigenvalue weighted by Gasteiger charge is -2.34. The van der Waals surface area contributed by atoms with Crippen LogP contribution in [0.1, 0.15) is 42.6 Å². The molecule has 7 nitrogen and oxygen atoms in total. The molecule has 1 aliphatic rings. The van der Waals surface area contributed by atoms with Gasteiger partial charge in [-0.3, -0.25) is 4.79 Å². The number of fused-ring (bicyclic) bond motifs is 1. The molecule has 9 heteroatoms. The van der Waals surface area contributed by atoms with Crippen molar-refractivity contribution < 1.29 is 14.3 Å². The van der Waals surface area contributed by atoms with E-state index in [2.05, 4.69) is 19.7 Å². The van der Waals surface area contributed by atoms with Gasteiger partial charge in [0, 0.05) is 57.4 Å². The average molecular weight is 638 g/mol. The number of carbonyl (C=O) groups is 1. The molecule has 0 bridgehead atoms. The van der Waals surface area contributed by atoms with E-state index in [9.17, 15) is 4.79 Å². The van der Waals surface area contributed by atoms with E-state index >= 15 is 0 Å². The Balaban J connectivity index is 1.15. The summed E-state index contributed by atoms with van der Waals surface area (Å²) in [6.45, 7) is 12.3. The molecule has 44 heavy (non-hydrogen) atoms. The van der Waals surface area contributed by atoms with E-state index in [1.54, 1.807) is 12.1 Å². The summed E-state index contributed by atoms with van der Waals surface area (Å²) in [6.07, 6.45) is 4.00. The molecule has 1 N–H and O–H groups in total. The normalized spacial score (nSPS) is 14.3. The summed E-state index contributed by atoms with van der Waals surface area (Å²) < 4.78 is 14.2. The second kappa shape index (κ2) is 15.7. The number of hydrogen-bond donors (Lipinski definition) is 1. The van der Waals surface area contributed by atoms with Crippen molar-refractivity contribution in [3.63, 3.8) is 0 Å². The number of carbonyl (C=O) groups excluding carboxylic acids is 1. The van der Waals surface area contributed by atoms with Gasteiger partial charge >= 0.3 is 0 Å². The molecule has 0 atom stereocenters. The van der Waals surface area contributed by atoms with Crippen LogP contribution in [0.4, 0.5) is 0 Å². The second-order valence-corrected chi connectivity index (χ2v) is 12.4. The molecule has 4 aromatic rings. The van der Waals surface area contributed by atoms with Gasteiger partial charge in [0.1, 0.15) is 11.5 Å². The van der Waals surface area contributed by atoms with Crippen LogP contribution in [0.15, 0.2) is 72.9 Å². The van der Waals surface area contributed by atoms with E-state index < -0.39 is 0 Å². The van der Waals surface area contributed by atoms with Crippen LogP contribution in [0.5, 0.6) is 11.5 Å². The van der Waals surface area contributed by atoms with Crippen molar-refractivity contribution in [1.82, 2.24) is 19.7 Å². The number of rotatable bonds is 14. The average Bonchev–Trinajstić information content (AvgIpc) is 3.40. The molecule has 0 radical (unpaired) electrons. The number of piperazine rings is 1. The quantitative estimate of drug-likeness (QED) is 0.149. The summed E-state index contributed by atoms with van der Waals surface area (Å²) in [6, 6.07) is 21.3. The van der Waals surface area contributed by atoms with E-state index in [0.717, 1.165) is 93.2 Å². The van der Waals surface area contributed by atoms with Gasteiger partial charge in [0.25, 0.3) is 5.91 Å². The molecular formula is C35H42Cl2N4O3. The smallest absolute Gasteiger partial charge is 0.253 e. The molecule has 0 saturated carbocycles. The Labute approximate surface area is 270 Å². The van der Waals surface area contributed by atoms with Crippen molar-refractivity contribution in [2.75, 3.05) is 45.9 Å². The Morgan fingerprint density at radius 1 is 0.864 bits per heavy atom. The van der Waals surface area contributed by atoms with E-state index in [-0.39, 0.29) is 12.0 Å². The number of nitrogens with zero attached hydrogens (tertiary/aromatic N) is 3. The SMILES string of the molecule is CC(C)Oc1cccc2c(C(=O)NCc3ccc(Cl)c(Cl)c3)cn(CCCN3CCN(CCCOc4ccccc4)CC3)c12. The van der Waals surface area contributed by atoms with Crippen LogP contribution in [0, 0.1) is 0 Å². The number of halogens is 2. The zero-order chi connectivity index (χ0) is 30.9. The number of amides is 1.